The van der Waals surface area contributed by atoms with Crippen LogP contribution in [0.25, 0.3) is 6.08 Å². The number of hydrogen-bond donors (Lipinski definition) is 1. The van der Waals surface area contributed by atoms with Crippen LogP contribution in [0, 0.1) is 20.2 Å². The number of benzene rings is 2. The molecule has 152 valence electrons. The van der Waals surface area contributed by atoms with Gasteiger partial charge < -0.3 is 0 Å². The Morgan fingerprint density at radius 2 is 1.53 bits per heavy atom. The monoisotopic (exact) mass is 465 g/mol. The van der Waals surface area contributed by atoms with E-state index in [0.29, 0.717) is 5.56 Å². The lowest BCUT2D eigenvalue weighted by Crippen LogP contribution is -2.19. The van der Waals surface area contributed by atoms with Gasteiger partial charge in [0.1, 0.15) is 0 Å². The van der Waals surface area contributed by atoms with Gasteiger partial charge in [-0.3, -0.25) is 30.3 Å². The lowest BCUT2D eigenvalue weighted by Gasteiger charge is -1.99. The van der Waals surface area contributed by atoms with Crippen molar-refractivity contribution in [1.29, 1.82) is 0 Å². The Hall–Kier alpha value is -3.28. The Morgan fingerprint density at radius 1 is 0.967 bits per heavy atom. The van der Waals surface area contributed by atoms with Crippen LogP contribution in [0.3, 0.4) is 0 Å². The Morgan fingerprint density at radius 3 is 2.13 bits per heavy atom. The van der Waals surface area contributed by atoms with E-state index in [2.05, 4.69) is 15.5 Å². The lowest BCUT2D eigenvalue weighted by atomic mass is 10.2. The first-order valence-electron chi connectivity index (χ1n) is 7.94. The number of nitrogens with zero attached hydrogens (tertiary/aromatic N) is 4. The van der Waals surface area contributed by atoms with Crippen molar-refractivity contribution in [2.24, 2.45) is 10.2 Å². The van der Waals surface area contributed by atoms with Gasteiger partial charge in [-0.15, -0.1) is 5.10 Å². The molecule has 10 nitrogen and oxygen atoms in total. The fraction of sp³-hybridized carbons (Fsp3) is 0. The number of rotatable bonds is 5. The molecule has 0 aliphatic carbocycles. The number of hydrogen-bond acceptors (Lipinski definition) is 8. The molecule has 1 saturated heterocycles. The summed E-state index contributed by atoms with van der Waals surface area (Å²) < 4.78 is 0. The van der Waals surface area contributed by atoms with Gasteiger partial charge in [0, 0.05) is 45.4 Å². The number of non-ortho nitro benzene ring substituents is 2. The van der Waals surface area contributed by atoms with Gasteiger partial charge in [0.05, 0.1) is 21.0 Å². The molecule has 0 unspecified atom stereocenters. The highest BCUT2D eigenvalue weighted by molar-refractivity contribution is 8.18. The van der Waals surface area contributed by atoms with Crippen LogP contribution in [0.2, 0.25) is 10.0 Å². The number of halogens is 2. The fourth-order valence-corrected chi connectivity index (χ4v) is 3.37. The molecule has 1 fully saturated rings. The normalized spacial score (nSPS) is 16.4. The minimum atomic E-state index is -0.569. The first-order chi connectivity index (χ1) is 14.2. The SMILES string of the molecule is O=C1N/C(=N\N=C/c2cc([N+](=O)[O-])ccc2Cl)S/C1=C\c1cc([N+](=O)[O-])ccc1Cl. The maximum atomic E-state index is 12.1. The van der Waals surface area contributed by atoms with Crippen LogP contribution in [-0.4, -0.2) is 27.1 Å². The van der Waals surface area contributed by atoms with E-state index in [4.69, 9.17) is 23.2 Å². The van der Waals surface area contributed by atoms with Gasteiger partial charge in [-0.25, -0.2) is 0 Å². The van der Waals surface area contributed by atoms with Crippen LogP contribution in [0.4, 0.5) is 11.4 Å². The van der Waals surface area contributed by atoms with Crippen LogP contribution in [0.5, 0.6) is 0 Å². The standard InChI is InChI=1S/C17H9Cl2N5O5S/c18-13-3-1-11(23(26)27)5-9(13)7-15-16(25)21-17(30-15)22-20-8-10-6-12(24(28)29)2-4-14(10)19/h1-8H,(H,21,22,25)/b15-7-,20-8-. The van der Waals surface area contributed by atoms with E-state index in [1.807, 2.05) is 0 Å². The number of thioether (sulfide) groups is 1. The molecule has 13 heteroatoms. The van der Waals surface area contributed by atoms with Gasteiger partial charge in [-0.2, -0.15) is 5.10 Å². The molecule has 0 atom stereocenters. The van der Waals surface area contributed by atoms with E-state index in [1.165, 1.54) is 48.7 Å². The minimum absolute atomic E-state index is 0.144. The summed E-state index contributed by atoms with van der Waals surface area (Å²) in [6.45, 7) is 0. The van der Waals surface area contributed by atoms with E-state index < -0.39 is 15.8 Å². The molecule has 0 radical (unpaired) electrons. The Balaban J connectivity index is 1.80. The Labute approximate surface area is 182 Å². The maximum Gasteiger partial charge on any atom is 0.270 e. The molecular weight excluding hydrogens is 457 g/mol. The van der Waals surface area contributed by atoms with Gasteiger partial charge >= 0.3 is 0 Å². The van der Waals surface area contributed by atoms with Gasteiger partial charge in [0.25, 0.3) is 17.3 Å². The predicted molar refractivity (Wildman–Crippen MR) is 115 cm³/mol. The summed E-state index contributed by atoms with van der Waals surface area (Å²) in [4.78, 5) is 32.9. The van der Waals surface area contributed by atoms with Crippen LogP contribution in [-0.2, 0) is 4.79 Å². The van der Waals surface area contributed by atoms with Crippen LogP contribution in [0.1, 0.15) is 11.1 Å². The summed E-state index contributed by atoms with van der Waals surface area (Å²) in [5.41, 5.74) is 0.262. The number of amidine groups is 1. The summed E-state index contributed by atoms with van der Waals surface area (Å²) in [7, 11) is 0. The zero-order chi connectivity index (χ0) is 21.8. The smallest absolute Gasteiger partial charge is 0.270 e. The summed E-state index contributed by atoms with van der Waals surface area (Å²) >= 11 is 13.0. The summed E-state index contributed by atoms with van der Waals surface area (Å²) in [6.07, 6.45) is 2.62. The molecule has 0 saturated carbocycles. The Kier molecular flexibility index (Phi) is 6.45. The highest BCUT2D eigenvalue weighted by Gasteiger charge is 2.24. The lowest BCUT2D eigenvalue weighted by molar-refractivity contribution is -0.385. The summed E-state index contributed by atoms with van der Waals surface area (Å²) in [5, 5.41) is 32.5. The van der Waals surface area contributed by atoms with Crippen LogP contribution < -0.4 is 5.32 Å². The van der Waals surface area contributed by atoms with Crippen LogP contribution >= 0.6 is 35.0 Å². The number of carbonyl (C=O) groups excluding carboxylic acids is 1. The van der Waals surface area contributed by atoms with E-state index in [1.54, 1.807) is 0 Å². The van der Waals surface area contributed by atoms with Crippen molar-refractivity contribution in [3.8, 4) is 0 Å². The molecule has 1 amide bonds. The number of nitro benzene ring substituents is 2. The molecular formula is C17H9Cl2N5O5S. The van der Waals surface area contributed by atoms with Crippen molar-refractivity contribution in [3.63, 3.8) is 0 Å². The minimum Gasteiger partial charge on any atom is -0.299 e. The highest BCUT2D eigenvalue weighted by atomic mass is 35.5. The molecule has 0 bridgehead atoms. The Bertz CT molecular complexity index is 1170. The van der Waals surface area contributed by atoms with Crippen molar-refractivity contribution in [2.75, 3.05) is 0 Å². The maximum absolute atomic E-state index is 12.1. The first kappa shape index (κ1) is 21.4. The molecule has 2 aromatic rings. The molecule has 30 heavy (non-hydrogen) atoms. The van der Waals surface area contributed by atoms with Gasteiger partial charge in [-0.1, -0.05) is 23.2 Å². The molecule has 0 aromatic heterocycles. The second kappa shape index (κ2) is 9.03. The second-order valence-electron chi connectivity index (χ2n) is 5.64. The third-order valence-electron chi connectivity index (χ3n) is 3.66. The third-order valence-corrected chi connectivity index (χ3v) is 5.25. The van der Waals surface area contributed by atoms with E-state index >= 15 is 0 Å². The van der Waals surface area contributed by atoms with E-state index in [9.17, 15) is 25.0 Å². The first-order valence-corrected chi connectivity index (χ1v) is 9.51. The molecule has 1 heterocycles. The average Bonchev–Trinajstić information content (AvgIpc) is 3.03. The van der Waals surface area contributed by atoms with Crippen molar-refractivity contribution < 1.29 is 14.6 Å². The van der Waals surface area contributed by atoms with Crippen molar-refractivity contribution in [2.45, 2.75) is 0 Å². The average molecular weight is 466 g/mol. The quantitative estimate of drug-likeness (QED) is 0.300. The molecule has 1 aliphatic heterocycles. The van der Waals surface area contributed by atoms with Crippen molar-refractivity contribution in [3.05, 3.63) is 82.7 Å². The van der Waals surface area contributed by atoms with E-state index in [-0.39, 0.29) is 37.1 Å². The summed E-state index contributed by atoms with van der Waals surface area (Å²) in [6, 6.07) is 7.74. The zero-order valence-electron chi connectivity index (χ0n) is 14.6. The molecule has 1 N–H and O–H groups in total. The molecule has 0 spiro atoms. The molecule has 3 rings (SSSR count). The topological polar surface area (TPSA) is 140 Å². The van der Waals surface area contributed by atoms with Crippen molar-refractivity contribution >= 4 is 69.7 Å². The van der Waals surface area contributed by atoms with Crippen molar-refractivity contribution in [1.82, 2.24) is 5.32 Å². The zero-order valence-corrected chi connectivity index (χ0v) is 16.9. The largest absolute Gasteiger partial charge is 0.299 e. The van der Waals surface area contributed by atoms with Gasteiger partial charge in [-0.05, 0) is 30.0 Å². The molecule has 2 aromatic carbocycles. The second-order valence-corrected chi connectivity index (χ2v) is 7.49. The number of nitro groups is 2. The third kappa shape index (κ3) is 5.00. The number of amides is 1. The highest BCUT2D eigenvalue weighted by Crippen LogP contribution is 2.30. The van der Waals surface area contributed by atoms with Gasteiger partial charge in [0.15, 0.2) is 5.17 Å². The summed E-state index contributed by atoms with van der Waals surface area (Å²) in [5.74, 6) is -0.482. The number of carbonyl (C=O) groups is 1. The van der Waals surface area contributed by atoms with Gasteiger partial charge in [0.2, 0.25) is 0 Å². The predicted octanol–water partition coefficient (Wildman–Crippen LogP) is 4.40. The number of nitrogens with one attached hydrogen (secondary N) is 1. The fourth-order valence-electron chi connectivity index (χ4n) is 2.26. The molecule has 1 aliphatic rings. The van der Waals surface area contributed by atoms with Crippen LogP contribution in [0.15, 0.2) is 51.5 Å². The van der Waals surface area contributed by atoms with E-state index in [0.717, 1.165) is 11.8 Å².